The minimum atomic E-state index is -1.08. The van der Waals surface area contributed by atoms with Crippen molar-refractivity contribution in [1.82, 2.24) is 0 Å². The molecule has 286 valence electrons. The number of hydrogen-bond acceptors (Lipinski definition) is 7. The van der Waals surface area contributed by atoms with Crippen molar-refractivity contribution in [3.05, 3.63) is 131 Å². The van der Waals surface area contributed by atoms with E-state index in [1.807, 2.05) is 59.5 Å². The average molecular weight is 752 g/mol. The van der Waals surface area contributed by atoms with Gasteiger partial charge in [0.25, 0.3) is 0 Å². The minimum Gasteiger partial charge on any atom is -0.497 e. The standard InChI is InChI=1S/C47H45NO8/c1-46(2)37-11-7-6-10-33(37)43-35-25-39(48-24-8-9-28(12-21-41(49)50)38(48)27-42(51)52)40(55-5)26-36(35)45-34(44(43)46)22-23-47(56-45,29-13-17-31(53-3)18-14-29)30-15-19-32(54-4)20-16-30/h6-7,10-11,13-20,22-23,25-28H,8-9,12,21,24H2,1-5H3,(H,49,50)(H,51,52). The van der Waals surface area contributed by atoms with Gasteiger partial charge in [-0.3, -0.25) is 4.79 Å². The second-order valence-electron chi connectivity index (χ2n) is 15.2. The van der Waals surface area contributed by atoms with Crippen molar-refractivity contribution >= 4 is 34.5 Å². The smallest absolute Gasteiger partial charge is 0.330 e. The summed E-state index contributed by atoms with van der Waals surface area (Å²) in [6.45, 7) is 5.06. The zero-order chi connectivity index (χ0) is 39.4. The van der Waals surface area contributed by atoms with Gasteiger partial charge in [0.1, 0.15) is 23.0 Å². The Labute approximate surface area is 326 Å². The summed E-state index contributed by atoms with van der Waals surface area (Å²) in [6.07, 6.45) is 7.32. The summed E-state index contributed by atoms with van der Waals surface area (Å²) in [5, 5.41) is 21.4. The van der Waals surface area contributed by atoms with E-state index >= 15 is 0 Å². The Hall–Kier alpha value is -6.22. The number of methoxy groups -OCH3 is 3. The first-order valence-electron chi connectivity index (χ1n) is 18.9. The Kier molecular flexibility index (Phi) is 9.27. The van der Waals surface area contributed by atoms with Gasteiger partial charge >= 0.3 is 11.9 Å². The first kappa shape index (κ1) is 36.7. The maximum atomic E-state index is 12.3. The minimum absolute atomic E-state index is 0.0508. The zero-order valence-electron chi connectivity index (χ0n) is 32.2. The van der Waals surface area contributed by atoms with Crippen molar-refractivity contribution in [2.24, 2.45) is 5.92 Å². The normalized spacial score (nSPS) is 18.1. The van der Waals surface area contributed by atoms with Gasteiger partial charge in [-0.25, -0.2) is 4.79 Å². The van der Waals surface area contributed by atoms with E-state index in [1.54, 1.807) is 21.3 Å². The first-order valence-corrected chi connectivity index (χ1v) is 18.9. The third-order valence-corrected chi connectivity index (χ3v) is 11.8. The van der Waals surface area contributed by atoms with E-state index < -0.39 is 17.5 Å². The summed E-state index contributed by atoms with van der Waals surface area (Å²) >= 11 is 0. The van der Waals surface area contributed by atoms with Crippen LogP contribution in [0.4, 0.5) is 5.69 Å². The summed E-state index contributed by atoms with van der Waals surface area (Å²) in [4.78, 5) is 25.9. The molecule has 1 atom stereocenters. The van der Waals surface area contributed by atoms with Crippen molar-refractivity contribution in [2.75, 3.05) is 32.8 Å². The summed E-state index contributed by atoms with van der Waals surface area (Å²) in [5.41, 5.74) is 7.27. The number of rotatable bonds is 10. The molecule has 0 aromatic heterocycles. The van der Waals surface area contributed by atoms with Crippen LogP contribution in [0.25, 0.3) is 28.0 Å². The second-order valence-corrected chi connectivity index (χ2v) is 15.2. The molecule has 56 heavy (non-hydrogen) atoms. The number of fused-ring (bicyclic) bond motifs is 8. The first-order chi connectivity index (χ1) is 27.0. The van der Waals surface area contributed by atoms with E-state index in [0.29, 0.717) is 36.6 Å². The summed E-state index contributed by atoms with van der Waals surface area (Å²) in [6, 6.07) is 28.5. The van der Waals surface area contributed by atoms with Crippen LogP contribution in [0, 0.1) is 5.92 Å². The molecule has 2 heterocycles. The highest BCUT2D eigenvalue weighted by molar-refractivity contribution is 6.10. The van der Waals surface area contributed by atoms with Crippen LogP contribution in [-0.2, 0) is 20.6 Å². The van der Waals surface area contributed by atoms with Crippen molar-refractivity contribution in [1.29, 1.82) is 0 Å². The van der Waals surface area contributed by atoms with E-state index in [9.17, 15) is 19.8 Å². The number of ether oxygens (including phenoxy) is 4. The lowest BCUT2D eigenvalue weighted by atomic mass is 9.76. The largest absolute Gasteiger partial charge is 0.497 e. The van der Waals surface area contributed by atoms with E-state index in [2.05, 4.69) is 56.3 Å². The Morgan fingerprint density at radius 1 is 0.875 bits per heavy atom. The SMILES string of the molecule is COc1ccc(C2(c3ccc(OC)cc3)C=Cc3c4c(c5cc(N6CCCC(CCC(=O)O)C6=CC(=O)O)c(OC)cc5c3O2)-c2ccccc2C4(C)C)cc1. The molecule has 1 saturated heterocycles. The number of anilines is 1. The number of hydrogen-bond donors (Lipinski definition) is 2. The number of carboxylic acid groups (broad SMARTS) is 2. The van der Waals surface area contributed by atoms with Crippen LogP contribution >= 0.6 is 0 Å². The summed E-state index contributed by atoms with van der Waals surface area (Å²) in [7, 11) is 4.92. The van der Waals surface area contributed by atoms with Gasteiger partial charge in [0.05, 0.1) is 27.0 Å². The van der Waals surface area contributed by atoms with Gasteiger partial charge in [-0.05, 0) is 89.4 Å². The van der Waals surface area contributed by atoms with Crippen LogP contribution < -0.4 is 23.8 Å². The van der Waals surface area contributed by atoms with Crippen LogP contribution in [0.1, 0.15) is 67.3 Å². The molecule has 1 unspecified atom stereocenters. The quantitative estimate of drug-likeness (QED) is 0.135. The zero-order valence-corrected chi connectivity index (χ0v) is 32.2. The van der Waals surface area contributed by atoms with Crippen molar-refractivity contribution in [3.8, 4) is 34.1 Å². The molecule has 2 N–H and O–H groups in total. The molecule has 0 bridgehead atoms. The number of aliphatic carboxylic acids is 2. The van der Waals surface area contributed by atoms with Crippen LogP contribution in [0.3, 0.4) is 0 Å². The van der Waals surface area contributed by atoms with Crippen molar-refractivity contribution in [3.63, 3.8) is 0 Å². The van der Waals surface area contributed by atoms with E-state index in [0.717, 1.165) is 67.8 Å². The maximum absolute atomic E-state index is 12.3. The van der Waals surface area contributed by atoms with Crippen molar-refractivity contribution in [2.45, 2.75) is 50.5 Å². The van der Waals surface area contributed by atoms with E-state index in [-0.39, 0.29) is 17.8 Å². The maximum Gasteiger partial charge on any atom is 0.330 e. The fourth-order valence-corrected chi connectivity index (χ4v) is 9.16. The van der Waals surface area contributed by atoms with Gasteiger partial charge in [0.15, 0.2) is 5.60 Å². The van der Waals surface area contributed by atoms with E-state index in [4.69, 9.17) is 18.9 Å². The Bertz CT molecular complexity index is 2380. The Balaban J connectivity index is 1.41. The number of carbonyl (C=O) groups is 2. The lowest BCUT2D eigenvalue weighted by Crippen LogP contribution is -2.35. The molecule has 1 aliphatic carbocycles. The van der Waals surface area contributed by atoms with Crippen molar-refractivity contribution < 1.29 is 38.7 Å². The molecular formula is C47H45NO8. The molecule has 8 rings (SSSR count). The molecule has 0 amide bonds. The van der Waals surface area contributed by atoms with Crippen LogP contribution in [-0.4, -0.2) is 50.0 Å². The van der Waals surface area contributed by atoms with Crippen LogP contribution in [0.2, 0.25) is 0 Å². The molecule has 2 aliphatic heterocycles. The van der Waals surface area contributed by atoms with Gasteiger partial charge in [0.2, 0.25) is 0 Å². The molecule has 5 aromatic carbocycles. The van der Waals surface area contributed by atoms with Gasteiger partial charge in [-0.15, -0.1) is 0 Å². The monoisotopic (exact) mass is 751 g/mol. The lowest BCUT2D eigenvalue weighted by Gasteiger charge is -2.39. The third-order valence-electron chi connectivity index (χ3n) is 11.8. The molecule has 3 aliphatic rings. The topological polar surface area (TPSA) is 115 Å². The van der Waals surface area contributed by atoms with Gasteiger partial charge < -0.3 is 34.1 Å². The second kappa shape index (κ2) is 14.1. The van der Waals surface area contributed by atoms with E-state index in [1.165, 1.54) is 11.6 Å². The Morgan fingerprint density at radius 3 is 2.14 bits per heavy atom. The van der Waals surface area contributed by atoms with Crippen LogP contribution in [0.5, 0.6) is 23.0 Å². The average Bonchev–Trinajstić information content (AvgIpc) is 3.46. The van der Waals surface area contributed by atoms with Gasteiger partial charge in [0, 0.05) is 58.1 Å². The molecule has 1 fully saturated rings. The molecule has 0 radical (unpaired) electrons. The molecule has 0 spiro atoms. The number of nitrogens with zero attached hydrogens (tertiary/aromatic N) is 1. The molecule has 9 nitrogen and oxygen atoms in total. The number of benzene rings is 5. The highest BCUT2D eigenvalue weighted by atomic mass is 16.5. The molecule has 0 saturated carbocycles. The van der Waals surface area contributed by atoms with Gasteiger partial charge in [-0.1, -0.05) is 68.5 Å². The fraction of sp³-hybridized carbons (Fsp3) is 0.277. The summed E-state index contributed by atoms with van der Waals surface area (Å²) < 4.78 is 24.8. The fourth-order valence-electron chi connectivity index (χ4n) is 9.16. The predicted octanol–water partition coefficient (Wildman–Crippen LogP) is 9.57. The summed E-state index contributed by atoms with van der Waals surface area (Å²) in [5.74, 6) is 0.503. The number of allylic oxidation sites excluding steroid dienone is 1. The van der Waals surface area contributed by atoms with Gasteiger partial charge in [-0.2, -0.15) is 0 Å². The molecule has 5 aromatic rings. The highest BCUT2D eigenvalue weighted by Gasteiger charge is 2.45. The number of carboxylic acids is 2. The number of piperidine rings is 1. The Morgan fingerprint density at radius 2 is 1.54 bits per heavy atom. The van der Waals surface area contributed by atoms with Crippen LogP contribution in [0.15, 0.2) is 103 Å². The predicted molar refractivity (Wildman–Crippen MR) is 217 cm³/mol. The molecule has 9 heteroatoms. The molecular weight excluding hydrogens is 707 g/mol. The third kappa shape index (κ3) is 5.93. The lowest BCUT2D eigenvalue weighted by molar-refractivity contribution is -0.137. The highest BCUT2D eigenvalue weighted by Crippen LogP contribution is 2.59.